The molecule has 0 aliphatic carbocycles. The van der Waals surface area contributed by atoms with Crippen molar-refractivity contribution in [1.82, 2.24) is 14.5 Å². The highest BCUT2D eigenvalue weighted by Crippen LogP contribution is 2.21. The molecule has 2 aliphatic rings. The van der Waals surface area contributed by atoms with Gasteiger partial charge < -0.3 is 15.0 Å². The summed E-state index contributed by atoms with van der Waals surface area (Å²) in [6.07, 6.45) is 3.59. The lowest BCUT2D eigenvalue weighted by Gasteiger charge is -2.34. The minimum atomic E-state index is -3.39. The molecule has 0 radical (unpaired) electrons. The van der Waals surface area contributed by atoms with Gasteiger partial charge in [-0.25, -0.2) is 8.42 Å². The van der Waals surface area contributed by atoms with Gasteiger partial charge in [-0.05, 0) is 50.3 Å². The lowest BCUT2D eigenvalue weighted by atomic mass is 9.98. The van der Waals surface area contributed by atoms with Crippen molar-refractivity contribution in [2.75, 3.05) is 39.8 Å². The summed E-state index contributed by atoms with van der Waals surface area (Å²) in [6, 6.07) is 7.01. The van der Waals surface area contributed by atoms with Crippen LogP contribution in [0.25, 0.3) is 0 Å². The number of rotatable bonds is 6. The molecule has 2 heterocycles. The molecule has 30 heavy (non-hydrogen) atoms. The van der Waals surface area contributed by atoms with Gasteiger partial charge in [-0.3, -0.25) is 9.79 Å². The third-order valence-electron chi connectivity index (χ3n) is 5.63. The number of esters is 1. The van der Waals surface area contributed by atoms with Crippen LogP contribution in [0.3, 0.4) is 0 Å². The molecular weight excluding hydrogens is 404 g/mol. The fraction of sp³-hybridized carbons (Fsp3) is 0.619. The molecule has 166 valence electrons. The molecule has 2 saturated heterocycles. The number of carbonyl (C=O) groups is 1. The standard InChI is InChI=1S/C21H32N4O4S/c1-3-29-20(26)18-7-6-12-24(16-18)21(22-2)23-15-17-8-10-19(11-9-17)30(27,28)25-13-4-5-14-25/h8-11,18H,3-7,12-16H2,1-2H3,(H,22,23). The minimum Gasteiger partial charge on any atom is -0.466 e. The summed E-state index contributed by atoms with van der Waals surface area (Å²) in [6.45, 7) is 5.37. The predicted molar refractivity (Wildman–Crippen MR) is 116 cm³/mol. The SMILES string of the molecule is CCOC(=O)C1CCCN(C(=NC)NCc2ccc(S(=O)(=O)N3CCCC3)cc2)C1. The molecule has 2 aliphatic heterocycles. The molecule has 0 spiro atoms. The van der Waals surface area contributed by atoms with Gasteiger partial charge in [0.2, 0.25) is 10.0 Å². The quantitative estimate of drug-likeness (QED) is 0.416. The Bertz CT molecular complexity index is 848. The molecule has 9 heteroatoms. The first-order valence-electron chi connectivity index (χ1n) is 10.7. The second-order valence-electron chi connectivity index (χ2n) is 7.69. The molecule has 0 saturated carbocycles. The first kappa shape index (κ1) is 22.6. The van der Waals surface area contributed by atoms with Gasteiger partial charge in [-0.1, -0.05) is 12.1 Å². The number of piperidine rings is 1. The second-order valence-corrected chi connectivity index (χ2v) is 9.63. The highest BCUT2D eigenvalue weighted by molar-refractivity contribution is 7.89. The molecule has 1 aromatic carbocycles. The van der Waals surface area contributed by atoms with E-state index in [4.69, 9.17) is 4.74 Å². The van der Waals surface area contributed by atoms with Crippen molar-refractivity contribution in [2.45, 2.75) is 44.0 Å². The van der Waals surface area contributed by atoms with E-state index in [1.807, 2.05) is 19.1 Å². The monoisotopic (exact) mass is 436 g/mol. The zero-order valence-electron chi connectivity index (χ0n) is 17.8. The number of aliphatic imine (C=N–C) groups is 1. The van der Waals surface area contributed by atoms with Gasteiger partial charge in [0.15, 0.2) is 5.96 Å². The maximum Gasteiger partial charge on any atom is 0.310 e. The number of benzene rings is 1. The van der Waals surface area contributed by atoms with Crippen LogP contribution in [0.15, 0.2) is 34.2 Å². The summed E-state index contributed by atoms with van der Waals surface area (Å²) in [5.74, 6) is 0.456. The highest BCUT2D eigenvalue weighted by atomic mass is 32.2. The van der Waals surface area contributed by atoms with Gasteiger partial charge in [-0.15, -0.1) is 0 Å². The van der Waals surface area contributed by atoms with Crippen LogP contribution < -0.4 is 5.32 Å². The molecule has 2 fully saturated rings. The van der Waals surface area contributed by atoms with Gasteiger partial charge in [-0.2, -0.15) is 4.31 Å². The summed E-state index contributed by atoms with van der Waals surface area (Å²) in [5, 5.41) is 3.32. The average Bonchev–Trinajstić information content (AvgIpc) is 3.31. The Morgan fingerprint density at radius 3 is 2.50 bits per heavy atom. The Kier molecular flexibility index (Phi) is 7.71. The van der Waals surface area contributed by atoms with Gasteiger partial charge in [0.05, 0.1) is 17.4 Å². The van der Waals surface area contributed by atoms with E-state index in [0.717, 1.165) is 43.8 Å². The molecule has 0 amide bonds. The number of hydrogen-bond donors (Lipinski definition) is 1. The van der Waals surface area contributed by atoms with Crippen LogP contribution in [0, 0.1) is 5.92 Å². The van der Waals surface area contributed by atoms with Crippen LogP contribution in [-0.4, -0.2) is 69.4 Å². The van der Waals surface area contributed by atoms with Crippen LogP contribution in [0.5, 0.6) is 0 Å². The number of ether oxygens (including phenoxy) is 1. The molecule has 0 bridgehead atoms. The van der Waals surface area contributed by atoms with Crippen molar-refractivity contribution in [3.05, 3.63) is 29.8 Å². The summed E-state index contributed by atoms with van der Waals surface area (Å²) in [5.41, 5.74) is 0.968. The molecule has 1 N–H and O–H groups in total. The highest BCUT2D eigenvalue weighted by Gasteiger charge is 2.29. The Morgan fingerprint density at radius 1 is 1.17 bits per heavy atom. The second kappa shape index (κ2) is 10.3. The largest absolute Gasteiger partial charge is 0.466 e. The van der Waals surface area contributed by atoms with Gasteiger partial charge in [0.25, 0.3) is 0 Å². The van der Waals surface area contributed by atoms with Crippen molar-refractivity contribution in [3.8, 4) is 0 Å². The number of sulfonamides is 1. The van der Waals surface area contributed by atoms with Crippen LogP contribution in [0.2, 0.25) is 0 Å². The lowest BCUT2D eigenvalue weighted by molar-refractivity contribution is -0.149. The first-order valence-corrected chi connectivity index (χ1v) is 12.1. The third-order valence-corrected chi connectivity index (χ3v) is 7.54. The van der Waals surface area contributed by atoms with E-state index in [1.165, 1.54) is 0 Å². The number of carbonyl (C=O) groups excluding carboxylic acids is 1. The van der Waals surface area contributed by atoms with Crippen LogP contribution >= 0.6 is 0 Å². The van der Waals surface area contributed by atoms with Crippen molar-refractivity contribution >= 4 is 22.0 Å². The molecular formula is C21H32N4O4S. The molecule has 1 unspecified atom stereocenters. The zero-order valence-corrected chi connectivity index (χ0v) is 18.7. The van der Waals surface area contributed by atoms with Gasteiger partial charge in [0, 0.05) is 39.8 Å². The Balaban J connectivity index is 1.58. The summed E-state index contributed by atoms with van der Waals surface area (Å²) < 4.78 is 32.0. The van der Waals surface area contributed by atoms with E-state index in [2.05, 4.69) is 15.2 Å². The fourth-order valence-electron chi connectivity index (χ4n) is 3.99. The Labute approximate surface area is 179 Å². The predicted octanol–water partition coefficient (Wildman–Crippen LogP) is 1.82. The van der Waals surface area contributed by atoms with Gasteiger partial charge in [0.1, 0.15) is 0 Å². The maximum absolute atomic E-state index is 12.6. The smallest absolute Gasteiger partial charge is 0.310 e. The van der Waals surface area contributed by atoms with Crippen molar-refractivity contribution in [2.24, 2.45) is 10.9 Å². The average molecular weight is 437 g/mol. The van der Waals surface area contributed by atoms with E-state index in [1.54, 1.807) is 23.5 Å². The van der Waals surface area contributed by atoms with Crippen LogP contribution in [0.1, 0.15) is 38.2 Å². The molecule has 1 aromatic rings. The minimum absolute atomic E-state index is 0.132. The van der Waals surface area contributed by atoms with Crippen molar-refractivity contribution < 1.29 is 17.9 Å². The van der Waals surface area contributed by atoms with Crippen LogP contribution in [-0.2, 0) is 26.1 Å². The van der Waals surface area contributed by atoms with E-state index in [0.29, 0.717) is 37.7 Å². The molecule has 1 atom stereocenters. The number of nitrogens with zero attached hydrogens (tertiary/aromatic N) is 3. The van der Waals surface area contributed by atoms with E-state index >= 15 is 0 Å². The first-order chi connectivity index (χ1) is 14.5. The van der Waals surface area contributed by atoms with Crippen LogP contribution in [0.4, 0.5) is 0 Å². The van der Waals surface area contributed by atoms with Gasteiger partial charge >= 0.3 is 5.97 Å². The number of guanidine groups is 1. The summed E-state index contributed by atoms with van der Waals surface area (Å²) in [4.78, 5) is 18.9. The summed E-state index contributed by atoms with van der Waals surface area (Å²) >= 11 is 0. The topological polar surface area (TPSA) is 91.3 Å². The number of hydrogen-bond acceptors (Lipinski definition) is 5. The number of nitrogens with one attached hydrogen (secondary N) is 1. The molecule has 3 rings (SSSR count). The maximum atomic E-state index is 12.6. The molecule has 0 aromatic heterocycles. The van der Waals surface area contributed by atoms with E-state index in [-0.39, 0.29) is 11.9 Å². The number of likely N-dealkylation sites (tertiary alicyclic amines) is 1. The normalized spacial score (nSPS) is 20.9. The zero-order chi connectivity index (χ0) is 21.6. The summed E-state index contributed by atoms with van der Waals surface area (Å²) in [7, 11) is -1.67. The van der Waals surface area contributed by atoms with E-state index in [9.17, 15) is 13.2 Å². The van der Waals surface area contributed by atoms with E-state index < -0.39 is 10.0 Å². The fourth-order valence-corrected chi connectivity index (χ4v) is 5.51. The third kappa shape index (κ3) is 5.31. The van der Waals surface area contributed by atoms with Crippen molar-refractivity contribution in [1.29, 1.82) is 0 Å². The molecule has 8 nitrogen and oxygen atoms in total. The Morgan fingerprint density at radius 2 is 1.87 bits per heavy atom. The lowest BCUT2D eigenvalue weighted by Crippen LogP contribution is -2.48. The Hall–Kier alpha value is -2.13. The van der Waals surface area contributed by atoms with Crippen molar-refractivity contribution in [3.63, 3.8) is 0 Å².